The molecule has 41 heavy (non-hydrogen) atoms. The molecule has 0 N–H and O–H groups in total. The molecule has 1 aliphatic heterocycles. The molecule has 0 bridgehead atoms. The quantitative estimate of drug-likeness (QED) is 0.279. The third kappa shape index (κ3) is 6.15. The van der Waals surface area contributed by atoms with Gasteiger partial charge in [0.05, 0.1) is 31.3 Å². The van der Waals surface area contributed by atoms with Crippen LogP contribution in [0.1, 0.15) is 15.9 Å². The van der Waals surface area contributed by atoms with Crippen LogP contribution < -0.4 is 18.7 Å². The van der Waals surface area contributed by atoms with Gasteiger partial charge in [0.2, 0.25) is 0 Å². The van der Waals surface area contributed by atoms with Crippen molar-refractivity contribution in [2.75, 3.05) is 49.6 Å². The average molecular weight is 572 g/mol. The molecule has 212 valence electrons. The van der Waals surface area contributed by atoms with Gasteiger partial charge in [-0.2, -0.15) is 0 Å². The van der Waals surface area contributed by atoms with Gasteiger partial charge in [-0.25, -0.2) is 8.42 Å². The fourth-order valence-corrected chi connectivity index (χ4v) is 6.40. The fraction of sp³-hybridized carbons (Fsp3) is 0.219. The highest BCUT2D eigenvalue weighted by Crippen LogP contribution is 2.33. The standard InChI is InChI=1S/C32H33N3O5S/c1-39-30-18-17-29(23-31(30)40-2)41(37,38)35(24-25-9-5-3-6-10-25)28-15-13-26(14-16-28)32(36)34-21-19-33(20-22-34)27-11-7-4-8-12-27/h3-18,23H,19-22,24H2,1-2H3. The third-order valence-corrected chi connectivity index (χ3v) is 8.97. The van der Waals surface area contributed by atoms with Crippen LogP contribution in [0, 0.1) is 0 Å². The molecule has 0 radical (unpaired) electrons. The number of carbonyl (C=O) groups excluding carboxylic acids is 1. The van der Waals surface area contributed by atoms with Crippen molar-refractivity contribution < 1.29 is 22.7 Å². The van der Waals surface area contributed by atoms with E-state index in [0.717, 1.165) is 24.3 Å². The van der Waals surface area contributed by atoms with Gasteiger partial charge in [0.25, 0.3) is 15.9 Å². The van der Waals surface area contributed by atoms with Gasteiger partial charge in [0.15, 0.2) is 11.5 Å². The lowest BCUT2D eigenvalue weighted by atomic mass is 10.1. The first-order valence-corrected chi connectivity index (χ1v) is 14.8. The van der Waals surface area contributed by atoms with E-state index in [-0.39, 0.29) is 17.3 Å². The Hall–Kier alpha value is -4.50. The van der Waals surface area contributed by atoms with E-state index in [4.69, 9.17) is 9.47 Å². The van der Waals surface area contributed by atoms with Crippen LogP contribution >= 0.6 is 0 Å². The second-order valence-electron chi connectivity index (χ2n) is 9.68. The molecule has 0 spiro atoms. The highest BCUT2D eigenvalue weighted by Gasteiger charge is 2.28. The average Bonchev–Trinajstić information content (AvgIpc) is 3.04. The van der Waals surface area contributed by atoms with Crippen molar-refractivity contribution in [3.05, 3.63) is 114 Å². The maximum Gasteiger partial charge on any atom is 0.264 e. The van der Waals surface area contributed by atoms with E-state index >= 15 is 0 Å². The summed E-state index contributed by atoms with van der Waals surface area (Å²) in [5.41, 5.74) is 2.95. The largest absolute Gasteiger partial charge is 0.493 e. The number of amides is 1. The Labute approximate surface area is 241 Å². The van der Waals surface area contributed by atoms with Gasteiger partial charge in [-0.15, -0.1) is 0 Å². The molecule has 0 saturated carbocycles. The van der Waals surface area contributed by atoms with E-state index in [9.17, 15) is 13.2 Å². The van der Waals surface area contributed by atoms with E-state index in [1.54, 1.807) is 30.3 Å². The molecule has 4 aromatic rings. The number of hydrogen-bond donors (Lipinski definition) is 0. The summed E-state index contributed by atoms with van der Waals surface area (Å²) >= 11 is 0. The molecule has 0 unspecified atom stereocenters. The van der Waals surface area contributed by atoms with Crippen LogP contribution in [-0.4, -0.2) is 59.6 Å². The maximum absolute atomic E-state index is 14.0. The molecule has 8 nitrogen and oxygen atoms in total. The molecule has 5 rings (SSSR count). The Morgan fingerprint density at radius 2 is 1.37 bits per heavy atom. The van der Waals surface area contributed by atoms with Gasteiger partial charge < -0.3 is 19.3 Å². The van der Waals surface area contributed by atoms with Crippen LogP contribution in [0.15, 0.2) is 108 Å². The molecule has 1 fully saturated rings. The monoisotopic (exact) mass is 571 g/mol. The van der Waals surface area contributed by atoms with Gasteiger partial charge in [-0.05, 0) is 54.1 Å². The molecule has 4 aromatic carbocycles. The molecular weight excluding hydrogens is 538 g/mol. The maximum atomic E-state index is 14.0. The van der Waals surface area contributed by atoms with Crippen molar-refractivity contribution in [2.24, 2.45) is 0 Å². The van der Waals surface area contributed by atoms with Gasteiger partial charge in [-0.3, -0.25) is 9.10 Å². The summed E-state index contributed by atoms with van der Waals surface area (Å²) < 4.78 is 39.9. The zero-order chi connectivity index (χ0) is 28.8. The van der Waals surface area contributed by atoms with Crippen molar-refractivity contribution in [1.29, 1.82) is 0 Å². The smallest absolute Gasteiger partial charge is 0.264 e. The van der Waals surface area contributed by atoms with Crippen LogP contribution in [0.4, 0.5) is 11.4 Å². The van der Waals surface area contributed by atoms with Crippen LogP contribution in [-0.2, 0) is 16.6 Å². The number of sulfonamides is 1. The molecule has 1 amide bonds. The number of methoxy groups -OCH3 is 2. The van der Waals surface area contributed by atoms with Gasteiger partial charge in [0.1, 0.15) is 0 Å². The lowest BCUT2D eigenvalue weighted by molar-refractivity contribution is 0.0747. The highest BCUT2D eigenvalue weighted by molar-refractivity contribution is 7.92. The highest BCUT2D eigenvalue weighted by atomic mass is 32.2. The van der Waals surface area contributed by atoms with E-state index < -0.39 is 10.0 Å². The number of para-hydroxylation sites is 1. The Morgan fingerprint density at radius 1 is 0.756 bits per heavy atom. The van der Waals surface area contributed by atoms with E-state index in [1.807, 2.05) is 53.4 Å². The summed E-state index contributed by atoms with van der Waals surface area (Å²) in [5, 5.41) is 0. The molecule has 1 heterocycles. The SMILES string of the molecule is COc1ccc(S(=O)(=O)N(Cc2ccccc2)c2ccc(C(=O)N3CCN(c4ccccc4)CC3)cc2)cc1OC. The number of anilines is 2. The number of carbonyl (C=O) groups is 1. The Bertz CT molecular complexity index is 1570. The molecule has 9 heteroatoms. The summed E-state index contributed by atoms with van der Waals surface area (Å²) in [6, 6.07) is 30.9. The Morgan fingerprint density at radius 3 is 1.98 bits per heavy atom. The number of nitrogens with zero attached hydrogens (tertiary/aromatic N) is 3. The number of hydrogen-bond acceptors (Lipinski definition) is 6. The number of rotatable bonds is 9. The number of benzene rings is 4. The minimum absolute atomic E-state index is 0.0679. The first-order chi connectivity index (χ1) is 19.9. The van der Waals surface area contributed by atoms with Crippen molar-refractivity contribution in [3.63, 3.8) is 0 Å². The van der Waals surface area contributed by atoms with Crippen LogP contribution in [0.5, 0.6) is 11.5 Å². The summed E-state index contributed by atoms with van der Waals surface area (Å²) in [6.07, 6.45) is 0. The molecule has 0 atom stereocenters. The summed E-state index contributed by atoms with van der Waals surface area (Å²) in [4.78, 5) is 17.5. The lowest BCUT2D eigenvalue weighted by Crippen LogP contribution is -2.48. The topological polar surface area (TPSA) is 79.4 Å². The lowest BCUT2D eigenvalue weighted by Gasteiger charge is -2.36. The predicted molar refractivity (Wildman–Crippen MR) is 160 cm³/mol. The predicted octanol–water partition coefficient (Wildman–Crippen LogP) is 5.06. The minimum Gasteiger partial charge on any atom is -0.493 e. The number of piperazine rings is 1. The van der Waals surface area contributed by atoms with Crippen molar-refractivity contribution in [2.45, 2.75) is 11.4 Å². The molecule has 0 aliphatic carbocycles. The van der Waals surface area contributed by atoms with Crippen LogP contribution in [0.25, 0.3) is 0 Å². The number of ether oxygens (including phenoxy) is 2. The molecule has 1 aliphatic rings. The van der Waals surface area contributed by atoms with Crippen molar-refractivity contribution in [1.82, 2.24) is 4.90 Å². The third-order valence-electron chi connectivity index (χ3n) is 7.20. The van der Waals surface area contributed by atoms with Gasteiger partial charge >= 0.3 is 0 Å². The zero-order valence-corrected chi connectivity index (χ0v) is 24.0. The van der Waals surface area contributed by atoms with E-state index in [1.165, 1.54) is 30.7 Å². The second kappa shape index (κ2) is 12.3. The Kier molecular flexibility index (Phi) is 8.45. The van der Waals surface area contributed by atoms with Gasteiger partial charge in [-0.1, -0.05) is 48.5 Å². The molecule has 1 saturated heterocycles. The van der Waals surface area contributed by atoms with Crippen molar-refractivity contribution >= 4 is 27.3 Å². The minimum atomic E-state index is -4.00. The van der Waals surface area contributed by atoms with E-state index in [0.29, 0.717) is 35.8 Å². The summed E-state index contributed by atoms with van der Waals surface area (Å²) in [7, 11) is -1.03. The molecular formula is C32H33N3O5S. The van der Waals surface area contributed by atoms with Crippen LogP contribution in [0.2, 0.25) is 0 Å². The Balaban J connectivity index is 1.38. The normalized spacial score (nSPS) is 13.5. The zero-order valence-electron chi connectivity index (χ0n) is 23.1. The van der Waals surface area contributed by atoms with Crippen LogP contribution in [0.3, 0.4) is 0 Å². The van der Waals surface area contributed by atoms with Gasteiger partial charge in [0, 0.05) is 43.5 Å². The first kappa shape index (κ1) is 28.0. The fourth-order valence-electron chi connectivity index (χ4n) is 4.93. The van der Waals surface area contributed by atoms with Crippen molar-refractivity contribution in [3.8, 4) is 11.5 Å². The summed E-state index contributed by atoms with van der Waals surface area (Å²) in [5.74, 6) is 0.691. The molecule has 0 aromatic heterocycles. The summed E-state index contributed by atoms with van der Waals surface area (Å²) in [6.45, 7) is 2.85. The van der Waals surface area contributed by atoms with E-state index in [2.05, 4.69) is 17.0 Å². The second-order valence-corrected chi connectivity index (χ2v) is 11.5. The first-order valence-electron chi connectivity index (χ1n) is 13.4.